The fourth-order valence-corrected chi connectivity index (χ4v) is 5.34. The lowest BCUT2D eigenvalue weighted by molar-refractivity contribution is -0.153. The van der Waals surface area contributed by atoms with Crippen molar-refractivity contribution in [3.05, 3.63) is 70.2 Å². The molecule has 0 saturated heterocycles. The molecule has 0 aromatic heterocycles. The van der Waals surface area contributed by atoms with E-state index in [4.69, 9.17) is 18.9 Å². The number of nitrogens with one attached hydrogen (secondary N) is 1. The molecular weight excluding hydrogens is 614 g/mol. The topological polar surface area (TPSA) is 195 Å². The van der Waals surface area contributed by atoms with E-state index in [1.807, 2.05) is 0 Å². The molecule has 2 heterocycles. The summed E-state index contributed by atoms with van der Waals surface area (Å²) in [7, 11) is 1.38. The van der Waals surface area contributed by atoms with Crippen LogP contribution < -0.4 is 10.1 Å². The van der Waals surface area contributed by atoms with Crippen molar-refractivity contribution in [1.82, 2.24) is 5.32 Å². The summed E-state index contributed by atoms with van der Waals surface area (Å²) in [5.41, 5.74) is -1.62. The number of rotatable bonds is 4. The molecule has 13 heteroatoms. The second-order valence-electron chi connectivity index (χ2n) is 11.3. The summed E-state index contributed by atoms with van der Waals surface area (Å²) >= 11 is 0. The number of ether oxygens (including phenoxy) is 4. The fourth-order valence-electron chi connectivity index (χ4n) is 5.34. The Morgan fingerprint density at radius 2 is 1.77 bits per heavy atom. The Kier molecular flexibility index (Phi) is 12.8. The Hall–Kier alpha value is -4.59. The fraction of sp³-hybridized carbons (Fsp3) is 0.441. The van der Waals surface area contributed by atoms with Crippen molar-refractivity contribution in [1.29, 1.82) is 0 Å². The van der Waals surface area contributed by atoms with Gasteiger partial charge in [-0.05, 0) is 39.7 Å². The van der Waals surface area contributed by atoms with E-state index < -0.39 is 87.9 Å². The predicted molar refractivity (Wildman–Crippen MR) is 168 cm³/mol. The van der Waals surface area contributed by atoms with Crippen LogP contribution in [-0.4, -0.2) is 82.9 Å². The number of aliphatic hydroxyl groups excluding tert-OH is 2. The summed E-state index contributed by atoms with van der Waals surface area (Å²) in [6.45, 7) is 7.45. The van der Waals surface area contributed by atoms with E-state index in [2.05, 4.69) is 5.32 Å². The number of aliphatic hydroxyl groups is 2. The van der Waals surface area contributed by atoms with Gasteiger partial charge in [-0.15, -0.1) is 0 Å². The molecule has 4 bridgehead atoms. The van der Waals surface area contributed by atoms with E-state index in [0.29, 0.717) is 0 Å². The van der Waals surface area contributed by atoms with Crippen LogP contribution >= 0.6 is 0 Å². The molecule has 4 rings (SSSR count). The van der Waals surface area contributed by atoms with Crippen LogP contribution in [-0.2, 0) is 23.8 Å². The summed E-state index contributed by atoms with van der Waals surface area (Å²) in [5.74, 6) is -5.50. The minimum atomic E-state index is -1.08. The van der Waals surface area contributed by atoms with Crippen molar-refractivity contribution in [3.63, 3.8) is 0 Å². The second kappa shape index (κ2) is 16.3. The van der Waals surface area contributed by atoms with Gasteiger partial charge in [0.1, 0.15) is 23.2 Å². The van der Waals surface area contributed by atoms with E-state index in [1.54, 1.807) is 19.9 Å². The number of ketones is 2. The van der Waals surface area contributed by atoms with Gasteiger partial charge < -0.3 is 39.6 Å². The average molecular weight is 656 g/mol. The van der Waals surface area contributed by atoms with Gasteiger partial charge >= 0.3 is 11.9 Å². The van der Waals surface area contributed by atoms with Gasteiger partial charge in [0.15, 0.2) is 5.78 Å². The molecule has 0 radical (unpaired) electrons. The minimum Gasteiger partial charge on any atom is -0.507 e. The van der Waals surface area contributed by atoms with Crippen LogP contribution in [0.15, 0.2) is 47.9 Å². The lowest BCUT2D eigenvalue weighted by Gasteiger charge is -2.30. The summed E-state index contributed by atoms with van der Waals surface area (Å²) < 4.78 is 22.0. The van der Waals surface area contributed by atoms with Crippen molar-refractivity contribution in [2.45, 2.75) is 78.3 Å². The first-order chi connectivity index (χ1) is 22.2. The zero-order valence-electron chi connectivity index (χ0n) is 27.2. The number of allylic oxidation sites excluding steroid dienone is 4. The quantitative estimate of drug-likeness (QED) is 0.347. The number of Topliss-reactive ketones (excluding diaryl/α,β-unsaturated/α-hetero) is 1. The van der Waals surface area contributed by atoms with Crippen LogP contribution in [0.3, 0.4) is 0 Å². The van der Waals surface area contributed by atoms with Gasteiger partial charge in [-0.1, -0.05) is 25.2 Å². The van der Waals surface area contributed by atoms with Crippen LogP contribution in [0.2, 0.25) is 0 Å². The molecule has 3 aliphatic rings. The summed E-state index contributed by atoms with van der Waals surface area (Å²) in [4.78, 5) is 65.4. The van der Waals surface area contributed by atoms with E-state index in [-0.39, 0.29) is 42.8 Å². The summed E-state index contributed by atoms with van der Waals surface area (Å²) in [6, 6.07) is 0. The molecule has 0 unspecified atom stereocenters. The molecule has 254 valence electrons. The molecule has 0 spiro atoms. The Labute approximate surface area is 272 Å². The van der Waals surface area contributed by atoms with Crippen molar-refractivity contribution in [2.24, 2.45) is 5.92 Å². The maximum atomic E-state index is 13.6. The zero-order chi connectivity index (χ0) is 35.0. The van der Waals surface area contributed by atoms with E-state index in [0.717, 1.165) is 12.3 Å². The van der Waals surface area contributed by atoms with Gasteiger partial charge in [0.25, 0.3) is 5.91 Å². The molecule has 47 heavy (non-hydrogen) atoms. The minimum absolute atomic E-state index is 0.00431. The van der Waals surface area contributed by atoms with Crippen LogP contribution in [0.25, 0.3) is 0 Å². The number of esters is 2. The summed E-state index contributed by atoms with van der Waals surface area (Å²) in [5, 5.41) is 34.6. The molecule has 4 N–H and O–H groups in total. The molecular formula is C34H41NO12. The van der Waals surface area contributed by atoms with Gasteiger partial charge in [-0.25, -0.2) is 4.79 Å². The molecule has 2 aliphatic heterocycles. The number of benzene rings is 1. The normalized spacial score (nSPS) is 27.1. The Morgan fingerprint density at radius 1 is 1.06 bits per heavy atom. The molecule has 1 aromatic carbocycles. The highest BCUT2D eigenvalue weighted by Gasteiger charge is 2.38. The van der Waals surface area contributed by atoms with Crippen molar-refractivity contribution in [3.8, 4) is 11.5 Å². The number of phenols is 1. The van der Waals surface area contributed by atoms with E-state index >= 15 is 0 Å². The number of hydrogen-bond acceptors (Lipinski definition) is 12. The monoisotopic (exact) mass is 655 g/mol. The molecule has 1 aliphatic carbocycles. The highest BCUT2D eigenvalue weighted by molar-refractivity contribution is 6.29. The Balaban J connectivity index is 2.15. The predicted octanol–water partition coefficient (Wildman–Crippen LogP) is 3.14. The first-order valence-electron chi connectivity index (χ1n) is 15.1. The van der Waals surface area contributed by atoms with Crippen LogP contribution in [0.4, 0.5) is 0 Å². The third-order valence-electron chi connectivity index (χ3n) is 7.83. The summed E-state index contributed by atoms with van der Waals surface area (Å²) in [6.07, 6.45) is 4.14. The molecule has 1 amide bonds. The Morgan fingerprint density at radius 3 is 2.40 bits per heavy atom. The number of methoxy groups -OCH3 is 1. The number of phenolic OH excluding ortho intramolecular Hbond substituents is 1. The first kappa shape index (κ1) is 36.9. The number of fused-ring (bicyclic) bond motifs is 15. The van der Waals surface area contributed by atoms with Crippen molar-refractivity contribution >= 4 is 29.4 Å². The standard InChI is InChI=1S/C34H41NO12/c1-7-45-32-19(4)30(40)28-27-24(39)16-23(31(28)41)35-33(42)17(2)10-8-9-11-21(37)14-22(38)15-26(47-20(5)36)18(3)25(44-6)12-13-46-34(43)29(27)32/h8-10,12-13,16,18,21-22,25-26,37-38,40H,7,11,14-15H2,1-6H3,(H,35,42)/b9-8+,13-12+,17-10-/t18-,21+,22-,25+,26+/m1/s1. The van der Waals surface area contributed by atoms with Gasteiger partial charge in [-0.2, -0.15) is 0 Å². The van der Waals surface area contributed by atoms with Crippen molar-refractivity contribution < 1.29 is 58.2 Å². The van der Waals surface area contributed by atoms with E-state index in [9.17, 15) is 39.3 Å². The number of carbonyl (C=O) groups is 5. The van der Waals surface area contributed by atoms with Crippen molar-refractivity contribution in [2.75, 3.05) is 13.7 Å². The molecule has 0 saturated carbocycles. The molecule has 1 aromatic rings. The van der Waals surface area contributed by atoms with Gasteiger partial charge in [0, 0.05) is 43.6 Å². The number of aromatic hydroxyl groups is 1. The highest BCUT2D eigenvalue weighted by atomic mass is 16.5. The third kappa shape index (κ3) is 8.82. The largest absolute Gasteiger partial charge is 0.507 e. The average Bonchev–Trinajstić information content (AvgIpc) is 3.00. The smallest absolute Gasteiger partial charge is 0.347 e. The van der Waals surface area contributed by atoms with Crippen LogP contribution in [0.1, 0.15) is 83.6 Å². The van der Waals surface area contributed by atoms with Crippen LogP contribution in [0, 0.1) is 12.8 Å². The molecule has 5 atom stereocenters. The maximum absolute atomic E-state index is 13.6. The highest BCUT2D eigenvalue weighted by Crippen LogP contribution is 2.41. The number of carbonyl (C=O) groups excluding carboxylic acids is 5. The maximum Gasteiger partial charge on any atom is 0.347 e. The Bertz CT molecular complexity index is 1540. The zero-order valence-corrected chi connectivity index (χ0v) is 27.2. The van der Waals surface area contributed by atoms with Gasteiger partial charge in [0.2, 0.25) is 5.78 Å². The van der Waals surface area contributed by atoms with Gasteiger partial charge in [0.05, 0.1) is 48.0 Å². The SMILES string of the molecule is CCOc1c(C)c(O)c2c3c1C(=O)O/C=C/[C@H](OC)[C@@H](C)[C@@H](OC(C)=O)C[C@H](O)C[C@@H](O)C/C=C/C=C(/C)C(=O)NC(=CC3=O)C2=O. The third-order valence-corrected chi connectivity index (χ3v) is 7.83. The number of hydrogen-bond donors (Lipinski definition) is 4. The lowest BCUT2D eigenvalue weighted by atomic mass is 9.85. The van der Waals surface area contributed by atoms with Gasteiger partial charge in [-0.3, -0.25) is 19.2 Å². The molecule has 0 fully saturated rings. The van der Waals surface area contributed by atoms with Crippen LogP contribution in [0.5, 0.6) is 11.5 Å². The number of amides is 1. The van der Waals surface area contributed by atoms with E-state index in [1.165, 1.54) is 46.1 Å². The molecule has 13 nitrogen and oxygen atoms in total. The second-order valence-corrected chi connectivity index (χ2v) is 11.3. The lowest BCUT2D eigenvalue weighted by Crippen LogP contribution is -2.36. The first-order valence-corrected chi connectivity index (χ1v) is 15.1.